The Morgan fingerprint density at radius 1 is 0.409 bits per heavy atom. The molecule has 9 rings (SSSR count). The lowest BCUT2D eigenvalue weighted by Gasteiger charge is -2.03. The quantitative estimate of drug-likeness (QED) is 0.268. The summed E-state index contributed by atoms with van der Waals surface area (Å²) in [5, 5.41) is 12.8. The molecule has 0 radical (unpaired) electrons. The molecule has 7 heterocycles. The van der Waals surface area contributed by atoms with E-state index in [0.717, 1.165) is 76.2 Å². The van der Waals surface area contributed by atoms with E-state index >= 15 is 0 Å². The fourth-order valence-corrected chi connectivity index (χ4v) is 7.80. The van der Waals surface area contributed by atoms with Crippen molar-refractivity contribution >= 4 is 56.6 Å². The molecule has 0 saturated heterocycles. The number of H-pyrrole nitrogens is 2. The molecule has 3 aliphatic rings. The zero-order valence-corrected chi connectivity index (χ0v) is 25.0. The number of aromatic amines is 2. The van der Waals surface area contributed by atoms with Gasteiger partial charge in [-0.1, -0.05) is 60.7 Å². The van der Waals surface area contributed by atoms with Crippen molar-refractivity contribution in [1.82, 2.24) is 9.97 Å². The van der Waals surface area contributed by atoms with Gasteiger partial charge in [0.05, 0.1) is 22.8 Å². The van der Waals surface area contributed by atoms with Crippen LogP contribution in [0.5, 0.6) is 0 Å². The summed E-state index contributed by atoms with van der Waals surface area (Å²) >= 11 is 3.45. The summed E-state index contributed by atoms with van der Waals surface area (Å²) in [7, 11) is 0. The Labute approximate surface area is 259 Å². The molecule has 0 unspecified atom stereocenters. The van der Waals surface area contributed by atoms with Crippen LogP contribution in [-0.2, 0) is 0 Å². The van der Waals surface area contributed by atoms with Gasteiger partial charge in [-0.05, 0) is 71.5 Å². The monoisotopic (exact) mass is 600 g/mol. The summed E-state index contributed by atoms with van der Waals surface area (Å²) < 4.78 is 0. The minimum absolute atomic E-state index is 0.947. The van der Waals surface area contributed by atoms with Crippen LogP contribution in [0.1, 0.15) is 9.75 Å². The van der Waals surface area contributed by atoms with Gasteiger partial charge >= 0.3 is 0 Å². The normalized spacial score (nSPS) is 15.2. The molecule has 0 spiro atoms. The molecule has 0 saturated carbocycles. The van der Waals surface area contributed by atoms with Gasteiger partial charge < -0.3 is 9.97 Å². The van der Waals surface area contributed by atoms with Crippen molar-refractivity contribution in [2.24, 2.45) is 9.98 Å². The van der Waals surface area contributed by atoms with Crippen molar-refractivity contribution in [3.63, 3.8) is 0 Å². The second-order valence-corrected chi connectivity index (χ2v) is 12.7. The number of aliphatic imine (C=N–C) groups is 2. The number of hydrogen-bond donors (Lipinski definition) is 2. The van der Waals surface area contributed by atoms with E-state index in [1.54, 1.807) is 22.7 Å². The van der Waals surface area contributed by atoms with Gasteiger partial charge in [0.25, 0.3) is 0 Å². The Morgan fingerprint density at radius 3 is 1.27 bits per heavy atom. The Balaban J connectivity index is 1.50. The molecule has 6 aromatic rings. The number of benzene rings is 2. The second-order valence-electron chi connectivity index (χ2n) is 10.8. The van der Waals surface area contributed by atoms with Crippen molar-refractivity contribution in [2.75, 3.05) is 0 Å². The summed E-state index contributed by atoms with van der Waals surface area (Å²) in [5.74, 6) is 0. The molecule has 4 nitrogen and oxygen atoms in total. The van der Waals surface area contributed by atoms with Gasteiger partial charge in [0.1, 0.15) is 0 Å². The predicted octanol–water partition coefficient (Wildman–Crippen LogP) is 5.39. The molecule has 3 aliphatic heterocycles. The predicted molar refractivity (Wildman–Crippen MR) is 182 cm³/mol. The number of fused-ring (bicyclic) bond motifs is 8. The minimum atomic E-state index is 0.947. The molecule has 2 aromatic carbocycles. The van der Waals surface area contributed by atoms with E-state index in [9.17, 15) is 0 Å². The average molecular weight is 601 g/mol. The van der Waals surface area contributed by atoms with E-state index in [1.165, 1.54) is 9.75 Å². The Morgan fingerprint density at radius 2 is 0.841 bits per heavy atom. The molecule has 0 atom stereocenters. The van der Waals surface area contributed by atoms with E-state index < -0.39 is 0 Å². The second kappa shape index (κ2) is 10.2. The highest BCUT2D eigenvalue weighted by molar-refractivity contribution is 7.11. The smallest absolute Gasteiger partial charge is 0.0745 e. The van der Waals surface area contributed by atoms with E-state index in [0.29, 0.717) is 0 Å². The van der Waals surface area contributed by atoms with Crippen LogP contribution in [0.3, 0.4) is 0 Å². The molecular formula is C38H24N4S2. The molecule has 2 N–H and O–H groups in total. The van der Waals surface area contributed by atoms with Gasteiger partial charge in [0.15, 0.2) is 0 Å². The molecule has 0 aliphatic carbocycles. The third-order valence-corrected chi connectivity index (χ3v) is 10.00. The van der Waals surface area contributed by atoms with Crippen LogP contribution >= 0.6 is 22.7 Å². The van der Waals surface area contributed by atoms with Crippen LogP contribution < -0.4 is 21.1 Å². The summed E-state index contributed by atoms with van der Waals surface area (Å²) in [6, 6.07) is 34.2. The maximum Gasteiger partial charge on any atom is 0.0745 e. The van der Waals surface area contributed by atoms with Crippen molar-refractivity contribution in [3.8, 4) is 0 Å². The number of hydrogen-bond acceptors (Lipinski definition) is 4. The lowest BCUT2D eigenvalue weighted by atomic mass is 10.1. The molecule has 0 fully saturated rings. The van der Waals surface area contributed by atoms with E-state index in [4.69, 9.17) is 9.98 Å². The number of nitrogens with one attached hydrogen (secondary N) is 2. The summed E-state index contributed by atoms with van der Waals surface area (Å²) in [5.41, 5.74) is 5.98. The first-order valence-electron chi connectivity index (χ1n) is 14.5. The number of thiophene rings is 2. The van der Waals surface area contributed by atoms with Gasteiger partial charge in [-0.25, -0.2) is 9.98 Å². The number of allylic oxidation sites excluding steroid dienone is 2. The van der Waals surface area contributed by atoms with Crippen molar-refractivity contribution in [1.29, 1.82) is 0 Å². The highest BCUT2D eigenvalue weighted by Gasteiger charge is 2.17. The average Bonchev–Trinajstić information content (AvgIpc) is 3.90. The zero-order valence-electron chi connectivity index (χ0n) is 23.4. The third kappa shape index (κ3) is 4.11. The molecule has 6 heteroatoms. The van der Waals surface area contributed by atoms with E-state index in [1.807, 2.05) is 0 Å². The van der Waals surface area contributed by atoms with Gasteiger partial charge in [-0.3, -0.25) is 0 Å². The first-order chi connectivity index (χ1) is 21.8. The molecule has 4 aromatic heterocycles. The highest BCUT2D eigenvalue weighted by Crippen LogP contribution is 2.25. The molecule has 208 valence electrons. The largest absolute Gasteiger partial charge is 0.354 e. The maximum absolute atomic E-state index is 5.24. The Hall–Kier alpha value is -5.30. The third-order valence-electron chi connectivity index (χ3n) is 8.22. The van der Waals surface area contributed by atoms with Crippen LogP contribution in [0.25, 0.3) is 22.5 Å². The first-order valence-corrected chi connectivity index (χ1v) is 16.2. The van der Waals surface area contributed by atoms with Gasteiger partial charge in [0.2, 0.25) is 0 Å². The lowest BCUT2D eigenvalue weighted by Crippen LogP contribution is -2.14. The fraction of sp³-hybridized carbons (Fsp3) is 0. The van der Waals surface area contributed by atoms with Gasteiger partial charge in [0, 0.05) is 63.2 Å². The molecule has 0 amide bonds. The minimum Gasteiger partial charge on any atom is -0.354 e. The molecule has 44 heavy (non-hydrogen) atoms. The van der Waals surface area contributed by atoms with Crippen LogP contribution in [0.15, 0.2) is 142 Å². The summed E-state index contributed by atoms with van der Waals surface area (Å²) in [6.07, 6.45) is 8.55. The van der Waals surface area contributed by atoms with Crippen molar-refractivity contribution in [2.45, 2.75) is 0 Å². The highest BCUT2D eigenvalue weighted by atomic mass is 32.1. The Kier molecular flexibility index (Phi) is 5.82. The number of rotatable bonds is 2. The number of nitrogens with zero attached hydrogens (tertiary/aromatic N) is 2. The van der Waals surface area contributed by atoms with Crippen LogP contribution in [0.4, 0.5) is 0 Å². The van der Waals surface area contributed by atoms with E-state index in [-0.39, 0.29) is 0 Å². The SMILES string of the molecule is C1=CC2=c3ccccc3=c3ccc([nH]3)=C(c3cccs3)C3=NC(=c4ccccc4=c4ccc([nH]4)=C(c4cccs4)C1=N2)C=C3. The molecular weight excluding hydrogens is 577 g/mol. The fourth-order valence-electron chi connectivity index (χ4n) is 6.22. The zero-order chi connectivity index (χ0) is 29.0. The number of aromatic nitrogens is 2. The van der Waals surface area contributed by atoms with Crippen molar-refractivity contribution < 1.29 is 0 Å². The van der Waals surface area contributed by atoms with Crippen LogP contribution in [-0.4, -0.2) is 21.4 Å². The van der Waals surface area contributed by atoms with Crippen LogP contribution in [0.2, 0.25) is 0 Å². The Bertz CT molecular complexity index is 2510. The van der Waals surface area contributed by atoms with Crippen molar-refractivity contribution in [3.05, 3.63) is 184 Å². The topological polar surface area (TPSA) is 56.3 Å². The van der Waals surface area contributed by atoms with E-state index in [2.05, 4.69) is 142 Å². The standard InChI is InChI=1S/C38H24N4S2/c1-2-8-24-23(7-1)27-13-17-31(39-27)37(35-11-5-21-43-35)33-19-15-29(41-33)25-9-3-4-10-26(25)30-16-20-34(42-30)38(36-12-6-22-44-36)32-18-14-28(24)40-32/h1-22,39,42H. The summed E-state index contributed by atoms with van der Waals surface area (Å²) in [4.78, 5) is 20.3. The van der Waals surface area contributed by atoms with Gasteiger partial charge in [-0.2, -0.15) is 0 Å². The maximum atomic E-state index is 5.24. The first kappa shape index (κ1) is 25.2. The lowest BCUT2D eigenvalue weighted by molar-refractivity contribution is 1.23. The van der Waals surface area contributed by atoms with Gasteiger partial charge in [-0.15, -0.1) is 22.7 Å². The molecule has 8 bridgehead atoms. The van der Waals surface area contributed by atoms with Crippen LogP contribution in [0, 0.1) is 21.1 Å². The summed E-state index contributed by atoms with van der Waals surface area (Å²) in [6.45, 7) is 0.